The van der Waals surface area contributed by atoms with E-state index in [1.165, 1.54) is 5.56 Å². The summed E-state index contributed by atoms with van der Waals surface area (Å²) in [5, 5.41) is 3.96. The minimum Gasteiger partial charge on any atom is -0.497 e. The molecule has 1 aromatic heterocycles. The van der Waals surface area contributed by atoms with Crippen LogP contribution in [0.5, 0.6) is 5.75 Å². The van der Waals surface area contributed by atoms with Gasteiger partial charge in [0.2, 0.25) is 5.91 Å². The SMILES string of the molecule is COc1ccc2c(CC(=O)NCCC(C)c3ccccc3)coc2c1. The molecule has 130 valence electrons. The van der Waals surface area contributed by atoms with E-state index in [2.05, 4.69) is 24.4 Å². The van der Waals surface area contributed by atoms with Crippen LogP contribution in [0.1, 0.15) is 30.4 Å². The maximum absolute atomic E-state index is 12.2. The Labute approximate surface area is 147 Å². The van der Waals surface area contributed by atoms with Crippen LogP contribution in [0.3, 0.4) is 0 Å². The van der Waals surface area contributed by atoms with Gasteiger partial charge in [0.25, 0.3) is 0 Å². The van der Waals surface area contributed by atoms with Gasteiger partial charge in [0, 0.05) is 23.6 Å². The lowest BCUT2D eigenvalue weighted by atomic mass is 9.98. The second-order valence-electron chi connectivity index (χ2n) is 6.25. The molecule has 3 rings (SSSR count). The number of methoxy groups -OCH3 is 1. The quantitative estimate of drug-likeness (QED) is 0.699. The standard InChI is InChI=1S/C21H23NO3/c1-15(16-6-4-3-5-7-16)10-11-22-21(23)12-17-14-25-20-13-18(24-2)8-9-19(17)20/h3-9,13-15H,10-12H2,1-2H3,(H,22,23). The zero-order valence-corrected chi connectivity index (χ0v) is 14.6. The fraction of sp³-hybridized carbons (Fsp3) is 0.286. The smallest absolute Gasteiger partial charge is 0.224 e. The number of rotatable bonds is 7. The molecule has 1 amide bonds. The van der Waals surface area contributed by atoms with Gasteiger partial charge in [-0.1, -0.05) is 37.3 Å². The van der Waals surface area contributed by atoms with E-state index in [0.29, 0.717) is 18.9 Å². The Hall–Kier alpha value is -2.75. The van der Waals surface area contributed by atoms with E-state index in [4.69, 9.17) is 9.15 Å². The largest absolute Gasteiger partial charge is 0.497 e. The van der Waals surface area contributed by atoms with Crippen LogP contribution in [0.2, 0.25) is 0 Å². The predicted molar refractivity (Wildman–Crippen MR) is 99.0 cm³/mol. The fourth-order valence-corrected chi connectivity index (χ4v) is 2.94. The number of nitrogens with one attached hydrogen (secondary N) is 1. The Morgan fingerprint density at radius 1 is 1.20 bits per heavy atom. The molecule has 4 nitrogen and oxygen atoms in total. The third kappa shape index (κ3) is 4.21. The van der Waals surface area contributed by atoms with Gasteiger partial charge < -0.3 is 14.5 Å². The molecular formula is C21H23NO3. The van der Waals surface area contributed by atoms with E-state index in [0.717, 1.165) is 28.7 Å². The van der Waals surface area contributed by atoms with E-state index in [1.807, 2.05) is 36.4 Å². The lowest BCUT2D eigenvalue weighted by Crippen LogP contribution is -2.26. The number of carbonyl (C=O) groups is 1. The third-order valence-corrected chi connectivity index (χ3v) is 4.48. The zero-order chi connectivity index (χ0) is 17.6. The Balaban J connectivity index is 1.53. The molecule has 2 aromatic carbocycles. The summed E-state index contributed by atoms with van der Waals surface area (Å²) in [5.41, 5.74) is 2.93. The van der Waals surface area contributed by atoms with E-state index in [9.17, 15) is 4.79 Å². The summed E-state index contributed by atoms with van der Waals surface area (Å²) < 4.78 is 10.7. The van der Waals surface area contributed by atoms with Gasteiger partial charge in [-0.15, -0.1) is 0 Å². The second-order valence-corrected chi connectivity index (χ2v) is 6.25. The summed E-state index contributed by atoms with van der Waals surface area (Å²) >= 11 is 0. The molecule has 4 heteroatoms. The molecular weight excluding hydrogens is 314 g/mol. The van der Waals surface area contributed by atoms with Crippen LogP contribution in [-0.4, -0.2) is 19.6 Å². The zero-order valence-electron chi connectivity index (χ0n) is 14.6. The number of carbonyl (C=O) groups excluding carboxylic acids is 1. The van der Waals surface area contributed by atoms with Crippen molar-refractivity contribution in [3.63, 3.8) is 0 Å². The number of hydrogen-bond acceptors (Lipinski definition) is 3. The Bertz CT molecular complexity index is 839. The molecule has 0 fully saturated rings. The first-order valence-corrected chi connectivity index (χ1v) is 8.53. The number of furan rings is 1. The van der Waals surface area contributed by atoms with Crippen LogP contribution in [0.15, 0.2) is 59.2 Å². The fourth-order valence-electron chi connectivity index (χ4n) is 2.94. The highest BCUT2D eigenvalue weighted by atomic mass is 16.5. The van der Waals surface area contributed by atoms with E-state index >= 15 is 0 Å². The summed E-state index contributed by atoms with van der Waals surface area (Å²) in [6.45, 7) is 2.84. The molecule has 1 unspecified atom stereocenters. The van der Waals surface area contributed by atoms with E-state index < -0.39 is 0 Å². The first-order chi connectivity index (χ1) is 12.2. The highest BCUT2D eigenvalue weighted by Gasteiger charge is 2.12. The van der Waals surface area contributed by atoms with Gasteiger partial charge in [-0.2, -0.15) is 0 Å². The highest BCUT2D eigenvalue weighted by Crippen LogP contribution is 2.26. The van der Waals surface area contributed by atoms with Crippen molar-refractivity contribution in [2.45, 2.75) is 25.7 Å². The average Bonchev–Trinajstić information content (AvgIpc) is 3.04. The monoisotopic (exact) mass is 337 g/mol. The number of ether oxygens (including phenoxy) is 1. The maximum Gasteiger partial charge on any atom is 0.224 e. The summed E-state index contributed by atoms with van der Waals surface area (Å²) in [4.78, 5) is 12.2. The molecule has 0 saturated carbocycles. The van der Waals surface area contributed by atoms with E-state index in [-0.39, 0.29) is 5.91 Å². The molecule has 0 saturated heterocycles. The number of benzene rings is 2. The summed E-state index contributed by atoms with van der Waals surface area (Å²) in [7, 11) is 1.62. The van der Waals surface area contributed by atoms with Crippen molar-refractivity contribution in [2.24, 2.45) is 0 Å². The maximum atomic E-state index is 12.2. The molecule has 3 aromatic rings. The molecule has 0 aliphatic rings. The highest BCUT2D eigenvalue weighted by molar-refractivity contribution is 5.88. The van der Waals surface area contributed by atoms with Crippen molar-refractivity contribution >= 4 is 16.9 Å². The Morgan fingerprint density at radius 3 is 2.76 bits per heavy atom. The molecule has 1 N–H and O–H groups in total. The van der Waals surface area contributed by atoms with Crippen molar-refractivity contribution in [1.82, 2.24) is 5.32 Å². The van der Waals surface area contributed by atoms with Gasteiger partial charge in [0.1, 0.15) is 11.3 Å². The normalized spacial score (nSPS) is 12.1. The minimum absolute atomic E-state index is 0.0128. The predicted octanol–water partition coefficient (Wildman–Crippen LogP) is 4.29. The van der Waals surface area contributed by atoms with Crippen molar-refractivity contribution in [3.05, 3.63) is 65.9 Å². The van der Waals surface area contributed by atoms with Crippen LogP contribution < -0.4 is 10.1 Å². The van der Waals surface area contributed by atoms with Crippen LogP contribution in [0.4, 0.5) is 0 Å². The van der Waals surface area contributed by atoms with Gasteiger partial charge in [0.15, 0.2) is 0 Å². The molecule has 0 bridgehead atoms. The molecule has 0 aliphatic carbocycles. The van der Waals surface area contributed by atoms with Crippen LogP contribution in [0, 0.1) is 0 Å². The molecule has 0 radical (unpaired) electrons. The van der Waals surface area contributed by atoms with Gasteiger partial charge in [-0.3, -0.25) is 4.79 Å². The van der Waals surface area contributed by atoms with Crippen molar-refractivity contribution in [3.8, 4) is 5.75 Å². The number of fused-ring (bicyclic) bond motifs is 1. The molecule has 0 spiro atoms. The van der Waals surface area contributed by atoms with Crippen LogP contribution in [0.25, 0.3) is 11.0 Å². The lowest BCUT2D eigenvalue weighted by molar-refractivity contribution is -0.120. The summed E-state index contributed by atoms with van der Waals surface area (Å²) in [5.74, 6) is 1.18. The molecule has 25 heavy (non-hydrogen) atoms. The molecule has 1 heterocycles. The molecule has 0 aliphatic heterocycles. The van der Waals surface area contributed by atoms with Gasteiger partial charge in [0.05, 0.1) is 19.8 Å². The third-order valence-electron chi connectivity index (χ3n) is 4.48. The van der Waals surface area contributed by atoms with E-state index in [1.54, 1.807) is 13.4 Å². The number of hydrogen-bond donors (Lipinski definition) is 1. The first-order valence-electron chi connectivity index (χ1n) is 8.53. The Kier molecular flexibility index (Phi) is 5.39. The number of amides is 1. The second kappa shape index (κ2) is 7.88. The summed E-state index contributed by atoms with van der Waals surface area (Å²) in [6.07, 6.45) is 2.88. The van der Waals surface area contributed by atoms with Gasteiger partial charge >= 0.3 is 0 Å². The molecule has 1 atom stereocenters. The van der Waals surface area contributed by atoms with Crippen LogP contribution in [-0.2, 0) is 11.2 Å². The van der Waals surface area contributed by atoms with Gasteiger partial charge in [-0.05, 0) is 30.0 Å². The van der Waals surface area contributed by atoms with Crippen LogP contribution >= 0.6 is 0 Å². The minimum atomic E-state index is 0.0128. The topological polar surface area (TPSA) is 51.5 Å². The first kappa shape index (κ1) is 17.1. The summed E-state index contributed by atoms with van der Waals surface area (Å²) in [6, 6.07) is 16.0. The van der Waals surface area contributed by atoms with Crippen molar-refractivity contribution < 1.29 is 13.9 Å². The average molecular weight is 337 g/mol. The van der Waals surface area contributed by atoms with Crippen molar-refractivity contribution in [2.75, 3.05) is 13.7 Å². The Morgan fingerprint density at radius 2 is 2.00 bits per heavy atom. The van der Waals surface area contributed by atoms with Crippen molar-refractivity contribution in [1.29, 1.82) is 0 Å². The lowest BCUT2D eigenvalue weighted by Gasteiger charge is -2.12. The van der Waals surface area contributed by atoms with Gasteiger partial charge in [-0.25, -0.2) is 0 Å².